The van der Waals surface area contributed by atoms with Crippen molar-refractivity contribution in [2.45, 2.75) is 6.54 Å². The third kappa shape index (κ3) is 5.76. The van der Waals surface area contributed by atoms with Gasteiger partial charge in [0.25, 0.3) is 0 Å². The number of carbonyl (C=O) groups excluding carboxylic acids is 1. The molecule has 0 spiro atoms. The summed E-state index contributed by atoms with van der Waals surface area (Å²) in [6, 6.07) is 4.53. The minimum atomic E-state index is -0.480. The van der Waals surface area contributed by atoms with Crippen molar-refractivity contribution in [1.82, 2.24) is 5.32 Å². The lowest BCUT2D eigenvalue weighted by atomic mass is 10.2. The zero-order valence-electron chi connectivity index (χ0n) is 9.21. The predicted octanol–water partition coefficient (Wildman–Crippen LogP) is 1.18. The second-order valence-electron chi connectivity index (χ2n) is 3.43. The van der Waals surface area contributed by atoms with E-state index in [0.29, 0.717) is 19.7 Å². The Balaban J connectivity index is 2.20. The molecule has 0 bridgehead atoms. The summed E-state index contributed by atoms with van der Waals surface area (Å²) in [5, 5.41) is 3.11. The number of primary amides is 1. The number of carbonyl (C=O) groups is 1. The van der Waals surface area contributed by atoms with Gasteiger partial charge in [-0.1, -0.05) is 22.0 Å². The Morgan fingerprint density at radius 2 is 2.29 bits per heavy atom. The van der Waals surface area contributed by atoms with Crippen LogP contribution in [0.2, 0.25) is 0 Å². The Bertz CT molecular complexity index is 388. The van der Waals surface area contributed by atoms with E-state index in [0.717, 1.165) is 10.0 Å². The lowest BCUT2D eigenvalue weighted by Gasteiger charge is -2.07. The summed E-state index contributed by atoms with van der Waals surface area (Å²) in [6.45, 7) is 1.53. The zero-order chi connectivity index (χ0) is 12.7. The van der Waals surface area contributed by atoms with E-state index in [2.05, 4.69) is 21.2 Å². The highest BCUT2D eigenvalue weighted by Gasteiger charge is 2.01. The van der Waals surface area contributed by atoms with Crippen LogP contribution in [0.1, 0.15) is 5.56 Å². The molecule has 17 heavy (non-hydrogen) atoms. The van der Waals surface area contributed by atoms with E-state index in [1.807, 2.05) is 0 Å². The minimum absolute atomic E-state index is 0.0675. The van der Waals surface area contributed by atoms with Gasteiger partial charge in [0.1, 0.15) is 12.4 Å². The maximum atomic E-state index is 12.8. The van der Waals surface area contributed by atoms with Crippen molar-refractivity contribution in [3.8, 4) is 0 Å². The van der Waals surface area contributed by atoms with Crippen LogP contribution in [0.15, 0.2) is 22.7 Å². The number of nitrogens with one attached hydrogen (secondary N) is 1. The normalized spacial score (nSPS) is 10.5. The van der Waals surface area contributed by atoms with Gasteiger partial charge in [-0.3, -0.25) is 4.79 Å². The molecule has 0 aliphatic rings. The number of benzene rings is 1. The van der Waals surface area contributed by atoms with Gasteiger partial charge in [0.2, 0.25) is 5.91 Å². The molecule has 6 heteroatoms. The number of amides is 1. The topological polar surface area (TPSA) is 64.4 Å². The molecule has 0 aromatic heterocycles. The summed E-state index contributed by atoms with van der Waals surface area (Å²) in [5.41, 5.74) is 5.87. The van der Waals surface area contributed by atoms with Crippen molar-refractivity contribution in [2.24, 2.45) is 5.73 Å². The summed E-state index contributed by atoms with van der Waals surface area (Å²) in [7, 11) is 0. The molecule has 0 aliphatic heterocycles. The van der Waals surface area contributed by atoms with Crippen molar-refractivity contribution < 1.29 is 13.9 Å². The first-order valence-corrected chi connectivity index (χ1v) is 5.89. The molecule has 1 rings (SSSR count). The van der Waals surface area contributed by atoms with Crippen LogP contribution in [-0.2, 0) is 16.1 Å². The average Bonchev–Trinajstić information content (AvgIpc) is 2.25. The molecule has 0 fully saturated rings. The molecule has 0 unspecified atom stereocenters. The molecule has 4 nitrogen and oxygen atoms in total. The third-order valence-corrected chi connectivity index (χ3v) is 2.74. The van der Waals surface area contributed by atoms with Crippen LogP contribution >= 0.6 is 15.9 Å². The first kappa shape index (κ1) is 14.1. The van der Waals surface area contributed by atoms with E-state index in [4.69, 9.17) is 10.5 Å². The van der Waals surface area contributed by atoms with Gasteiger partial charge in [-0.25, -0.2) is 4.39 Å². The summed E-state index contributed by atoms with van der Waals surface area (Å²) < 4.78 is 18.5. The van der Waals surface area contributed by atoms with Gasteiger partial charge in [0, 0.05) is 17.6 Å². The minimum Gasteiger partial charge on any atom is -0.370 e. The molecule has 3 N–H and O–H groups in total. The summed E-state index contributed by atoms with van der Waals surface area (Å²) in [4.78, 5) is 10.4. The van der Waals surface area contributed by atoms with Crippen LogP contribution < -0.4 is 11.1 Å². The van der Waals surface area contributed by atoms with E-state index in [9.17, 15) is 9.18 Å². The van der Waals surface area contributed by atoms with Crippen LogP contribution in [0.5, 0.6) is 0 Å². The van der Waals surface area contributed by atoms with Crippen LogP contribution in [0.3, 0.4) is 0 Å². The fourth-order valence-electron chi connectivity index (χ4n) is 1.21. The number of nitrogens with two attached hydrogens (primary N) is 1. The van der Waals surface area contributed by atoms with E-state index in [1.165, 1.54) is 12.1 Å². The molecule has 1 aromatic rings. The molecule has 0 atom stereocenters. The van der Waals surface area contributed by atoms with Gasteiger partial charge in [-0.05, 0) is 17.7 Å². The highest BCUT2D eigenvalue weighted by Crippen LogP contribution is 2.17. The number of rotatable bonds is 7. The molecule has 1 amide bonds. The van der Waals surface area contributed by atoms with Crippen LogP contribution in [0.25, 0.3) is 0 Å². The van der Waals surface area contributed by atoms with Crippen LogP contribution in [0, 0.1) is 5.82 Å². The molecule has 0 heterocycles. The summed E-state index contributed by atoms with van der Waals surface area (Å²) >= 11 is 3.28. The van der Waals surface area contributed by atoms with E-state index in [-0.39, 0.29) is 12.4 Å². The smallest absolute Gasteiger partial charge is 0.243 e. The Hall–Kier alpha value is -0.980. The van der Waals surface area contributed by atoms with Gasteiger partial charge >= 0.3 is 0 Å². The van der Waals surface area contributed by atoms with Gasteiger partial charge in [-0.2, -0.15) is 0 Å². The maximum Gasteiger partial charge on any atom is 0.243 e. The van der Waals surface area contributed by atoms with Crippen molar-refractivity contribution in [2.75, 3.05) is 19.8 Å². The molecule has 0 radical (unpaired) electrons. The standard InChI is InChI=1S/C11H14BrFN2O2/c12-10-5-9(13)2-1-8(10)6-15-3-4-17-7-11(14)16/h1-2,5,15H,3-4,6-7H2,(H2,14,16). The van der Waals surface area contributed by atoms with E-state index in [1.54, 1.807) is 6.07 Å². The molecular formula is C11H14BrFN2O2. The monoisotopic (exact) mass is 304 g/mol. The second kappa shape index (κ2) is 7.37. The van der Waals surface area contributed by atoms with Crippen LogP contribution in [-0.4, -0.2) is 25.7 Å². The number of hydrogen-bond donors (Lipinski definition) is 2. The van der Waals surface area contributed by atoms with Gasteiger partial charge < -0.3 is 15.8 Å². The fraction of sp³-hybridized carbons (Fsp3) is 0.364. The van der Waals surface area contributed by atoms with E-state index >= 15 is 0 Å². The number of halogens is 2. The number of hydrogen-bond acceptors (Lipinski definition) is 3. The van der Waals surface area contributed by atoms with Crippen molar-refractivity contribution in [3.63, 3.8) is 0 Å². The van der Waals surface area contributed by atoms with Crippen molar-refractivity contribution >= 4 is 21.8 Å². The van der Waals surface area contributed by atoms with Crippen LogP contribution in [0.4, 0.5) is 4.39 Å². The maximum absolute atomic E-state index is 12.8. The molecule has 0 aliphatic carbocycles. The Kier molecular flexibility index (Phi) is 6.10. The van der Waals surface area contributed by atoms with Crippen molar-refractivity contribution in [3.05, 3.63) is 34.1 Å². The lowest BCUT2D eigenvalue weighted by Crippen LogP contribution is -2.23. The highest BCUT2D eigenvalue weighted by atomic mass is 79.9. The zero-order valence-corrected chi connectivity index (χ0v) is 10.8. The van der Waals surface area contributed by atoms with Gasteiger partial charge in [0.15, 0.2) is 0 Å². The average molecular weight is 305 g/mol. The van der Waals surface area contributed by atoms with E-state index < -0.39 is 5.91 Å². The van der Waals surface area contributed by atoms with Gasteiger partial charge in [0.05, 0.1) is 6.61 Å². The molecule has 94 valence electrons. The quantitative estimate of drug-likeness (QED) is 0.744. The number of ether oxygens (including phenoxy) is 1. The first-order valence-electron chi connectivity index (χ1n) is 5.10. The molecule has 0 saturated carbocycles. The Labute approximate surface area is 107 Å². The lowest BCUT2D eigenvalue weighted by molar-refractivity contribution is -0.122. The second-order valence-corrected chi connectivity index (χ2v) is 4.29. The third-order valence-electron chi connectivity index (χ3n) is 2.00. The van der Waals surface area contributed by atoms with Gasteiger partial charge in [-0.15, -0.1) is 0 Å². The largest absolute Gasteiger partial charge is 0.370 e. The summed E-state index contributed by atoms with van der Waals surface area (Å²) in [5.74, 6) is -0.753. The SMILES string of the molecule is NC(=O)COCCNCc1ccc(F)cc1Br. The highest BCUT2D eigenvalue weighted by molar-refractivity contribution is 9.10. The molecular weight excluding hydrogens is 291 g/mol. The summed E-state index contributed by atoms with van der Waals surface area (Å²) in [6.07, 6.45) is 0. The molecule has 1 aromatic carbocycles. The fourth-order valence-corrected chi connectivity index (χ4v) is 1.70. The Morgan fingerprint density at radius 3 is 2.94 bits per heavy atom. The predicted molar refractivity (Wildman–Crippen MR) is 65.8 cm³/mol. The van der Waals surface area contributed by atoms with Crippen molar-refractivity contribution in [1.29, 1.82) is 0 Å². The first-order chi connectivity index (χ1) is 8.09. The molecule has 0 saturated heterocycles. The Morgan fingerprint density at radius 1 is 1.53 bits per heavy atom.